The Kier molecular flexibility index (Phi) is 8.90. The Morgan fingerprint density at radius 1 is 1.05 bits per heavy atom. The molecular weight excluding hydrogens is 570 g/mol. The van der Waals surface area contributed by atoms with Crippen molar-refractivity contribution in [3.63, 3.8) is 0 Å². The van der Waals surface area contributed by atoms with Gasteiger partial charge in [0.1, 0.15) is 36.4 Å². The number of nitrogens with zero attached hydrogens (tertiary/aromatic N) is 4. The molecule has 0 spiro atoms. The summed E-state index contributed by atoms with van der Waals surface area (Å²) >= 11 is 14.6. The fourth-order valence-electron chi connectivity index (χ4n) is 3.52. The Balaban J connectivity index is 1.88. The zero-order valence-corrected chi connectivity index (χ0v) is 24.2. The van der Waals surface area contributed by atoms with Gasteiger partial charge in [-0.2, -0.15) is 4.73 Å². The van der Waals surface area contributed by atoms with Gasteiger partial charge in [-0.1, -0.05) is 47.1 Å². The molecule has 0 radical (unpaired) electrons. The van der Waals surface area contributed by atoms with E-state index in [-0.39, 0.29) is 34.6 Å². The van der Waals surface area contributed by atoms with E-state index in [2.05, 4.69) is 9.97 Å². The number of ether oxygens (including phenoxy) is 3. The molecule has 0 saturated heterocycles. The number of hydrogen-bond donors (Lipinski definition) is 1. The predicted octanol–water partition coefficient (Wildman–Crippen LogP) is 6.88. The molecule has 4 rings (SSSR count). The van der Waals surface area contributed by atoms with Crippen LogP contribution in [-0.2, 0) is 9.30 Å². The van der Waals surface area contributed by atoms with Gasteiger partial charge in [0, 0.05) is 18.9 Å². The highest BCUT2D eigenvalue weighted by atomic mass is 35.5. The smallest absolute Gasteiger partial charge is 0.188 e. The minimum atomic E-state index is -2.43. The number of benzene rings is 2. The molecule has 9 nitrogen and oxygen atoms in total. The summed E-state index contributed by atoms with van der Waals surface area (Å²) in [7, 11) is -0.895. The molecule has 0 bridgehead atoms. The molecule has 0 unspecified atom stereocenters. The van der Waals surface area contributed by atoms with Crippen molar-refractivity contribution in [2.45, 2.75) is 5.16 Å². The van der Waals surface area contributed by atoms with Crippen LogP contribution < -0.4 is 9.47 Å². The standard InChI is InChI=1S/C25H25Cl2N4O5PS/c1-34-13-35-16-7-5-6-15(10-16)23-22(20-8-9-28-25(29-20)38-4)30-24(31(23)32)21-18(26)11-17(12-19(21)27)36-14-37(2,3)33/h5-12,32H,13-14H2,1-4H3. The average molecular weight is 595 g/mol. The largest absolute Gasteiger partial charge is 0.486 e. The van der Waals surface area contributed by atoms with E-state index in [1.165, 1.54) is 18.9 Å². The van der Waals surface area contributed by atoms with Crippen molar-refractivity contribution in [1.29, 1.82) is 0 Å². The number of methoxy groups -OCH3 is 1. The summed E-state index contributed by atoms with van der Waals surface area (Å²) in [5.41, 5.74) is 2.12. The third-order valence-electron chi connectivity index (χ3n) is 5.15. The van der Waals surface area contributed by atoms with E-state index in [4.69, 9.17) is 42.4 Å². The molecule has 0 aliphatic heterocycles. The topological polar surface area (TPSA) is 109 Å². The minimum absolute atomic E-state index is 0.0366. The molecular formula is C25H25Cl2N4O5PS. The molecule has 13 heteroatoms. The Hall–Kier alpha value is -2.75. The fourth-order valence-corrected chi connectivity index (χ4v) is 4.97. The van der Waals surface area contributed by atoms with Crippen molar-refractivity contribution in [2.24, 2.45) is 0 Å². The van der Waals surface area contributed by atoms with Gasteiger partial charge in [-0.25, -0.2) is 15.0 Å². The van der Waals surface area contributed by atoms with Gasteiger partial charge in [0.25, 0.3) is 0 Å². The number of aromatic nitrogens is 4. The maximum absolute atomic E-state index is 12.1. The summed E-state index contributed by atoms with van der Waals surface area (Å²) in [5, 5.41) is 12.4. The summed E-state index contributed by atoms with van der Waals surface area (Å²) in [6.45, 7) is 3.32. The van der Waals surface area contributed by atoms with Crippen molar-refractivity contribution < 1.29 is 24.0 Å². The molecule has 2 aromatic heterocycles. The van der Waals surface area contributed by atoms with Crippen molar-refractivity contribution in [3.8, 4) is 45.5 Å². The molecule has 0 fully saturated rings. The van der Waals surface area contributed by atoms with E-state index >= 15 is 0 Å². The number of hydrogen-bond acceptors (Lipinski definition) is 9. The number of rotatable bonds is 10. The van der Waals surface area contributed by atoms with E-state index in [1.54, 1.807) is 62.0 Å². The first-order chi connectivity index (χ1) is 18.1. The summed E-state index contributed by atoms with van der Waals surface area (Å²) < 4.78 is 29.2. The van der Waals surface area contributed by atoms with Crippen LogP contribution in [-0.4, -0.2) is 64.7 Å². The zero-order chi connectivity index (χ0) is 27.4. The van der Waals surface area contributed by atoms with Gasteiger partial charge in [0.15, 0.2) is 17.8 Å². The van der Waals surface area contributed by atoms with Crippen LogP contribution in [0.3, 0.4) is 0 Å². The number of thioether (sulfide) groups is 1. The van der Waals surface area contributed by atoms with Gasteiger partial charge in [-0.3, -0.25) is 0 Å². The second kappa shape index (κ2) is 12.0. The third-order valence-corrected chi connectivity index (χ3v) is 7.05. The highest BCUT2D eigenvalue weighted by Gasteiger charge is 2.26. The van der Waals surface area contributed by atoms with Gasteiger partial charge >= 0.3 is 0 Å². The first kappa shape index (κ1) is 28.3. The van der Waals surface area contributed by atoms with E-state index in [1.807, 2.05) is 6.26 Å². The molecule has 2 aromatic carbocycles. The maximum Gasteiger partial charge on any atom is 0.188 e. The molecule has 200 valence electrons. The minimum Gasteiger partial charge on any atom is -0.486 e. The van der Waals surface area contributed by atoms with Crippen LogP contribution >= 0.6 is 42.1 Å². The van der Waals surface area contributed by atoms with E-state index in [0.29, 0.717) is 39.3 Å². The van der Waals surface area contributed by atoms with Crippen molar-refractivity contribution in [3.05, 3.63) is 58.7 Å². The van der Waals surface area contributed by atoms with Gasteiger partial charge in [0.2, 0.25) is 0 Å². The Bertz CT molecular complexity index is 1490. The molecule has 4 aromatic rings. The van der Waals surface area contributed by atoms with Crippen LogP contribution in [0.15, 0.2) is 53.8 Å². The normalized spacial score (nSPS) is 11.5. The van der Waals surface area contributed by atoms with Crippen molar-refractivity contribution >= 4 is 42.1 Å². The molecule has 2 heterocycles. The second-order valence-electron chi connectivity index (χ2n) is 8.56. The predicted molar refractivity (Wildman–Crippen MR) is 151 cm³/mol. The molecule has 0 aliphatic carbocycles. The van der Waals surface area contributed by atoms with Crippen LogP contribution in [0, 0.1) is 0 Å². The summed E-state index contributed by atoms with van der Waals surface area (Å²) in [6, 6.07) is 11.9. The SMILES string of the molecule is COCOc1cccc(-c2c(-c3ccnc(SC)n3)nc(-c3c(Cl)cc(OCP(C)(C)=O)cc3Cl)n2O)c1. The summed E-state index contributed by atoms with van der Waals surface area (Å²) in [6.07, 6.45) is 3.53. The molecule has 0 saturated carbocycles. The number of imidazole rings is 1. The molecule has 1 N–H and O–H groups in total. The maximum atomic E-state index is 12.1. The van der Waals surface area contributed by atoms with Crippen molar-refractivity contribution in [2.75, 3.05) is 39.8 Å². The quantitative estimate of drug-likeness (QED) is 0.0690. The first-order valence-corrected chi connectivity index (χ1v) is 16.0. The average Bonchev–Trinajstić information content (AvgIpc) is 3.22. The van der Waals surface area contributed by atoms with E-state index < -0.39 is 7.14 Å². The lowest BCUT2D eigenvalue weighted by Gasteiger charge is -2.13. The van der Waals surface area contributed by atoms with Crippen LogP contribution in [0.25, 0.3) is 34.0 Å². The van der Waals surface area contributed by atoms with E-state index in [9.17, 15) is 9.77 Å². The monoisotopic (exact) mass is 594 g/mol. The second-order valence-corrected chi connectivity index (χ2v) is 13.6. The highest BCUT2D eigenvalue weighted by molar-refractivity contribution is 7.98. The van der Waals surface area contributed by atoms with Crippen LogP contribution in [0.1, 0.15) is 0 Å². The van der Waals surface area contributed by atoms with Gasteiger partial charge in [-0.15, -0.1) is 0 Å². The molecule has 38 heavy (non-hydrogen) atoms. The van der Waals surface area contributed by atoms with E-state index in [0.717, 1.165) is 4.73 Å². The Morgan fingerprint density at radius 3 is 2.45 bits per heavy atom. The number of halogens is 2. The van der Waals surface area contributed by atoms with Gasteiger partial charge in [-0.05, 0) is 49.9 Å². The Labute approximate surface area is 234 Å². The summed E-state index contributed by atoms with van der Waals surface area (Å²) in [5.74, 6) is 0.987. The summed E-state index contributed by atoms with van der Waals surface area (Å²) in [4.78, 5) is 13.5. The van der Waals surface area contributed by atoms with Gasteiger partial charge < -0.3 is 24.0 Å². The fraction of sp³-hybridized carbons (Fsp3) is 0.240. The van der Waals surface area contributed by atoms with Crippen LogP contribution in [0.2, 0.25) is 10.0 Å². The lowest BCUT2D eigenvalue weighted by molar-refractivity contribution is 0.0511. The molecule has 0 aliphatic rings. The van der Waals surface area contributed by atoms with Crippen LogP contribution in [0.4, 0.5) is 0 Å². The van der Waals surface area contributed by atoms with Crippen molar-refractivity contribution in [1.82, 2.24) is 19.7 Å². The van der Waals surface area contributed by atoms with Crippen LogP contribution in [0.5, 0.6) is 11.5 Å². The van der Waals surface area contributed by atoms with Gasteiger partial charge in [0.05, 0.1) is 21.3 Å². The zero-order valence-electron chi connectivity index (χ0n) is 21.0. The lowest BCUT2D eigenvalue weighted by atomic mass is 10.1. The highest BCUT2D eigenvalue weighted by Crippen LogP contribution is 2.43. The molecule has 0 atom stereocenters. The Morgan fingerprint density at radius 2 is 1.79 bits per heavy atom. The molecule has 0 amide bonds. The lowest BCUT2D eigenvalue weighted by Crippen LogP contribution is -2.01. The first-order valence-electron chi connectivity index (χ1n) is 11.2. The third kappa shape index (κ3) is 6.45.